The van der Waals surface area contributed by atoms with E-state index in [0.717, 1.165) is 12.8 Å². The highest BCUT2D eigenvalue weighted by Gasteiger charge is 2.24. The summed E-state index contributed by atoms with van der Waals surface area (Å²) in [7, 11) is 0. The number of amides is 1. The van der Waals surface area contributed by atoms with Crippen molar-refractivity contribution in [3.8, 4) is 0 Å². The van der Waals surface area contributed by atoms with Crippen LogP contribution in [0.5, 0.6) is 0 Å². The van der Waals surface area contributed by atoms with Crippen LogP contribution in [0.2, 0.25) is 10.2 Å². The van der Waals surface area contributed by atoms with Gasteiger partial charge in [0.2, 0.25) is 5.91 Å². The lowest BCUT2D eigenvalue weighted by Crippen LogP contribution is -2.36. The van der Waals surface area contributed by atoms with Gasteiger partial charge in [-0.05, 0) is 19.3 Å². The Labute approximate surface area is 108 Å². The summed E-state index contributed by atoms with van der Waals surface area (Å²) >= 11 is 11.4. The molecule has 0 bridgehead atoms. The van der Waals surface area contributed by atoms with Crippen LogP contribution in [0.4, 0.5) is 0 Å². The van der Waals surface area contributed by atoms with E-state index in [2.05, 4.69) is 10.3 Å². The Kier molecular flexibility index (Phi) is 3.69. The summed E-state index contributed by atoms with van der Waals surface area (Å²) in [6.45, 7) is 0.638. The van der Waals surface area contributed by atoms with Gasteiger partial charge in [-0.1, -0.05) is 23.2 Å². The van der Waals surface area contributed by atoms with Gasteiger partial charge in [0, 0.05) is 6.54 Å². The normalized spacial score (nSPS) is 20.8. The molecule has 2 heterocycles. The molecule has 0 spiro atoms. The Balaban J connectivity index is 2.42. The highest BCUT2D eigenvalue weighted by Crippen LogP contribution is 2.19. The molecule has 0 radical (unpaired) electrons. The second-order valence-corrected chi connectivity index (χ2v) is 4.60. The Morgan fingerprint density at radius 2 is 2.12 bits per heavy atom. The molecule has 1 aromatic rings. The molecule has 0 saturated carbocycles. The van der Waals surface area contributed by atoms with E-state index in [9.17, 15) is 9.59 Å². The maximum Gasteiger partial charge on any atom is 0.274 e. The summed E-state index contributed by atoms with van der Waals surface area (Å²) in [6.07, 6.45) is 3.65. The maximum absolute atomic E-state index is 11.9. The van der Waals surface area contributed by atoms with E-state index in [4.69, 9.17) is 23.2 Å². The van der Waals surface area contributed by atoms with Crippen LogP contribution in [-0.2, 0) is 4.79 Å². The van der Waals surface area contributed by atoms with E-state index in [1.54, 1.807) is 0 Å². The SMILES string of the molecule is O=C1NCCCCC1n1cnc(Cl)c(Cl)c1=O. The van der Waals surface area contributed by atoms with Crippen molar-refractivity contribution in [2.24, 2.45) is 0 Å². The van der Waals surface area contributed by atoms with E-state index in [0.29, 0.717) is 13.0 Å². The Hall–Kier alpha value is -1.07. The second kappa shape index (κ2) is 5.06. The molecular weight excluding hydrogens is 265 g/mol. The van der Waals surface area contributed by atoms with E-state index < -0.39 is 11.6 Å². The number of rotatable bonds is 1. The molecule has 1 N–H and O–H groups in total. The van der Waals surface area contributed by atoms with Gasteiger partial charge in [-0.25, -0.2) is 4.98 Å². The molecular formula is C10H11Cl2N3O2. The van der Waals surface area contributed by atoms with Crippen molar-refractivity contribution in [3.05, 3.63) is 26.9 Å². The van der Waals surface area contributed by atoms with Crippen LogP contribution in [0.3, 0.4) is 0 Å². The zero-order chi connectivity index (χ0) is 12.4. The smallest absolute Gasteiger partial charge is 0.274 e. The number of nitrogens with one attached hydrogen (secondary N) is 1. The molecule has 5 nitrogen and oxygen atoms in total. The van der Waals surface area contributed by atoms with Crippen LogP contribution in [-0.4, -0.2) is 22.0 Å². The minimum absolute atomic E-state index is 0.0399. The van der Waals surface area contributed by atoms with Crippen molar-refractivity contribution in [3.63, 3.8) is 0 Å². The zero-order valence-electron chi connectivity index (χ0n) is 8.95. The third-order valence-electron chi connectivity index (χ3n) is 2.74. The number of carbonyl (C=O) groups is 1. The number of nitrogens with zero attached hydrogens (tertiary/aromatic N) is 2. The van der Waals surface area contributed by atoms with Crippen molar-refractivity contribution in [1.29, 1.82) is 0 Å². The molecule has 2 rings (SSSR count). The van der Waals surface area contributed by atoms with Crippen molar-refractivity contribution in [2.75, 3.05) is 6.54 Å². The first-order chi connectivity index (χ1) is 8.11. The van der Waals surface area contributed by atoms with Gasteiger partial charge in [0.15, 0.2) is 5.15 Å². The third kappa shape index (κ3) is 2.45. The monoisotopic (exact) mass is 275 g/mol. The van der Waals surface area contributed by atoms with Gasteiger partial charge in [-0.3, -0.25) is 14.2 Å². The Bertz CT molecular complexity index is 501. The third-order valence-corrected chi connectivity index (χ3v) is 3.46. The first kappa shape index (κ1) is 12.4. The minimum Gasteiger partial charge on any atom is -0.354 e. The van der Waals surface area contributed by atoms with Crippen molar-refractivity contribution >= 4 is 29.1 Å². The van der Waals surface area contributed by atoms with Gasteiger partial charge < -0.3 is 5.32 Å². The van der Waals surface area contributed by atoms with Gasteiger partial charge in [0.05, 0.1) is 0 Å². The summed E-state index contributed by atoms with van der Waals surface area (Å²) in [4.78, 5) is 27.5. The molecule has 1 atom stereocenters. The quantitative estimate of drug-likeness (QED) is 0.788. The van der Waals surface area contributed by atoms with E-state index in [1.807, 2.05) is 0 Å². The molecule has 1 fully saturated rings. The van der Waals surface area contributed by atoms with Crippen LogP contribution in [0.1, 0.15) is 25.3 Å². The van der Waals surface area contributed by atoms with Crippen LogP contribution < -0.4 is 10.9 Å². The van der Waals surface area contributed by atoms with E-state index >= 15 is 0 Å². The summed E-state index contributed by atoms with van der Waals surface area (Å²) < 4.78 is 1.24. The molecule has 0 aliphatic carbocycles. The lowest BCUT2D eigenvalue weighted by atomic mass is 10.1. The molecule has 1 aliphatic rings. The second-order valence-electron chi connectivity index (χ2n) is 3.86. The summed E-state index contributed by atoms with van der Waals surface area (Å²) in [6, 6.07) is -0.549. The summed E-state index contributed by atoms with van der Waals surface area (Å²) in [5, 5.41) is 2.56. The van der Waals surface area contributed by atoms with E-state index in [-0.39, 0.29) is 16.1 Å². The lowest BCUT2D eigenvalue weighted by Gasteiger charge is -2.16. The van der Waals surface area contributed by atoms with Crippen molar-refractivity contribution in [1.82, 2.24) is 14.9 Å². The predicted molar refractivity (Wildman–Crippen MR) is 64.4 cm³/mol. The Morgan fingerprint density at radius 3 is 2.88 bits per heavy atom. The van der Waals surface area contributed by atoms with Gasteiger partial charge in [0.1, 0.15) is 17.4 Å². The number of aromatic nitrogens is 2. The molecule has 1 unspecified atom stereocenters. The number of carbonyl (C=O) groups excluding carboxylic acids is 1. The topological polar surface area (TPSA) is 64.0 Å². The van der Waals surface area contributed by atoms with Gasteiger partial charge in [-0.2, -0.15) is 0 Å². The number of halogens is 2. The molecule has 1 amide bonds. The molecule has 0 aromatic carbocycles. The van der Waals surface area contributed by atoms with Gasteiger partial charge in [-0.15, -0.1) is 0 Å². The first-order valence-electron chi connectivity index (χ1n) is 5.31. The minimum atomic E-state index is -0.549. The molecule has 1 aliphatic heterocycles. The highest BCUT2D eigenvalue weighted by molar-refractivity contribution is 6.40. The van der Waals surface area contributed by atoms with Gasteiger partial charge in [0.25, 0.3) is 5.56 Å². The number of hydrogen-bond donors (Lipinski definition) is 1. The highest BCUT2D eigenvalue weighted by atomic mass is 35.5. The molecule has 1 aromatic heterocycles. The molecule has 17 heavy (non-hydrogen) atoms. The lowest BCUT2D eigenvalue weighted by molar-refractivity contribution is -0.124. The van der Waals surface area contributed by atoms with Crippen molar-refractivity contribution < 1.29 is 4.79 Å². The first-order valence-corrected chi connectivity index (χ1v) is 6.06. The molecule has 7 heteroatoms. The van der Waals surface area contributed by atoms with Crippen molar-refractivity contribution in [2.45, 2.75) is 25.3 Å². The molecule has 92 valence electrons. The molecule has 1 saturated heterocycles. The average molecular weight is 276 g/mol. The van der Waals surface area contributed by atoms with Gasteiger partial charge >= 0.3 is 0 Å². The van der Waals surface area contributed by atoms with Crippen LogP contribution in [0.25, 0.3) is 0 Å². The van der Waals surface area contributed by atoms with Crippen LogP contribution in [0, 0.1) is 0 Å². The average Bonchev–Trinajstić information content (AvgIpc) is 2.52. The fraction of sp³-hybridized carbons (Fsp3) is 0.500. The Morgan fingerprint density at radius 1 is 1.35 bits per heavy atom. The van der Waals surface area contributed by atoms with E-state index in [1.165, 1.54) is 10.9 Å². The fourth-order valence-electron chi connectivity index (χ4n) is 1.83. The summed E-state index contributed by atoms with van der Waals surface area (Å²) in [5.74, 6) is -0.176. The predicted octanol–water partition coefficient (Wildman–Crippen LogP) is 1.39. The fourth-order valence-corrected chi connectivity index (χ4v) is 2.11. The largest absolute Gasteiger partial charge is 0.354 e. The van der Waals surface area contributed by atoms with Crippen LogP contribution in [0.15, 0.2) is 11.1 Å². The zero-order valence-corrected chi connectivity index (χ0v) is 10.5. The summed E-state index contributed by atoms with van der Waals surface area (Å²) in [5.41, 5.74) is -0.478. The maximum atomic E-state index is 11.9. The van der Waals surface area contributed by atoms with Crippen LogP contribution >= 0.6 is 23.2 Å². The number of hydrogen-bond acceptors (Lipinski definition) is 3. The standard InChI is InChI=1S/C10H11Cl2N3O2/c11-7-8(12)14-5-15(10(7)17)6-3-1-2-4-13-9(6)16/h5-6H,1-4H2,(H,13,16).